The molecule has 1 aliphatic heterocycles. The Morgan fingerprint density at radius 3 is 2.52 bits per heavy atom. The van der Waals surface area contributed by atoms with Crippen LogP contribution in [0.25, 0.3) is 0 Å². The van der Waals surface area contributed by atoms with Crippen molar-refractivity contribution in [1.82, 2.24) is 5.01 Å². The van der Waals surface area contributed by atoms with E-state index in [-0.39, 0.29) is 34.4 Å². The third kappa shape index (κ3) is 2.93. The Labute approximate surface area is 154 Å². The molecule has 3 rings (SSSR count). The Hall–Kier alpha value is -2.29. The van der Waals surface area contributed by atoms with Crippen LogP contribution in [0.5, 0.6) is 11.5 Å². The second-order valence-corrected chi connectivity index (χ2v) is 6.82. The first-order chi connectivity index (χ1) is 12.6. The van der Waals surface area contributed by atoms with Crippen molar-refractivity contribution in [3.8, 4) is 11.5 Å². The van der Waals surface area contributed by atoms with E-state index in [2.05, 4.69) is 5.10 Å². The molecule has 2 aliphatic rings. The maximum atomic E-state index is 13.9. The fourth-order valence-electron chi connectivity index (χ4n) is 3.79. The maximum Gasteiger partial charge on any atom is 0.439 e. The second kappa shape index (κ2) is 6.70. The first kappa shape index (κ1) is 19.5. The molecule has 148 valence electrons. The van der Waals surface area contributed by atoms with Crippen molar-refractivity contribution < 1.29 is 32.5 Å². The van der Waals surface area contributed by atoms with Gasteiger partial charge in [-0.15, -0.1) is 0 Å². The van der Waals surface area contributed by atoms with E-state index in [9.17, 15) is 23.1 Å². The van der Waals surface area contributed by atoms with E-state index < -0.39 is 23.7 Å². The summed E-state index contributed by atoms with van der Waals surface area (Å²) in [5.74, 6) is -2.03. The summed E-state index contributed by atoms with van der Waals surface area (Å²) < 4.78 is 51.8. The molecule has 1 aromatic rings. The smallest absolute Gasteiger partial charge is 0.439 e. The maximum absolute atomic E-state index is 13.9. The van der Waals surface area contributed by atoms with Crippen molar-refractivity contribution in [2.24, 2.45) is 16.9 Å². The van der Waals surface area contributed by atoms with Gasteiger partial charge in [-0.05, 0) is 37.0 Å². The summed E-state index contributed by atoms with van der Waals surface area (Å²) >= 11 is 0. The Bertz CT molecular complexity index is 780. The molecule has 0 saturated heterocycles. The van der Waals surface area contributed by atoms with Crippen LogP contribution in [0.1, 0.15) is 36.5 Å². The fourth-order valence-corrected chi connectivity index (χ4v) is 3.79. The predicted octanol–water partition coefficient (Wildman–Crippen LogP) is 3.20. The lowest BCUT2D eigenvalue weighted by atomic mass is 9.75. The number of aliphatic hydroxyl groups is 1. The van der Waals surface area contributed by atoms with Crippen LogP contribution >= 0.6 is 0 Å². The van der Waals surface area contributed by atoms with Crippen molar-refractivity contribution in [2.75, 3.05) is 14.2 Å². The lowest BCUT2D eigenvalue weighted by molar-refractivity contribution is -0.312. The zero-order valence-electron chi connectivity index (χ0n) is 15.2. The van der Waals surface area contributed by atoms with Gasteiger partial charge in [0.15, 0.2) is 11.5 Å². The molecule has 0 bridgehead atoms. The van der Waals surface area contributed by atoms with Crippen LogP contribution in [0, 0.1) is 11.8 Å². The number of rotatable bonds is 3. The molecule has 0 unspecified atom stereocenters. The Balaban J connectivity index is 2.06. The average molecular weight is 386 g/mol. The van der Waals surface area contributed by atoms with Crippen LogP contribution < -0.4 is 9.47 Å². The molecule has 1 heterocycles. The summed E-state index contributed by atoms with van der Waals surface area (Å²) in [6.07, 6.45) is -3.73. The summed E-state index contributed by atoms with van der Waals surface area (Å²) in [6, 6.07) is 3.99. The van der Waals surface area contributed by atoms with E-state index in [1.807, 2.05) is 0 Å². The van der Waals surface area contributed by atoms with Crippen molar-refractivity contribution in [3.63, 3.8) is 0 Å². The third-order valence-corrected chi connectivity index (χ3v) is 5.26. The molecule has 1 fully saturated rings. The van der Waals surface area contributed by atoms with Crippen LogP contribution in [0.4, 0.5) is 13.2 Å². The van der Waals surface area contributed by atoms with Crippen LogP contribution in [0.3, 0.4) is 0 Å². The molecule has 1 saturated carbocycles. The number of hydrogen-bond acceptors (Lipinski definition) is 5. The van der Waals surface area contributed by atoms with Crippen LogP contribution in [-0.2, 0) is 0 Å². The van der Waals surface area contributed by atoms with Crippen molar-refractivity contribution in [3.05, 3.63) is 23.8 Å². The van der Waals surface area contributed by atoms with Gasteiger partial charge in [-0.1, -0.05) is 13.3 Å². The minimum atomic E-state index is -5.05. The van der Waals surface area contributed by atoms with Gasteiger partial charge in [0.2, 0.25) is 0 Å². The Morgan fingerprint density at radius 1 is 1.26 bits per heavy atom. The molecule has 9 heteroatoms. The molecule has 0 aromatic heterocycles. The number of benzene rings is 1. The van der Waals surface area contributed by atoms with Gasteiger partial charge in [-0.3, -0.25) is 4.79 Å². The van der Waals surface area contributed by atoms with Gasteiger partial charge in [0.25, 0.3) is 11.6 Å². The first-order valence-corrected chi connectivity index (χ1v) is 8.59. The molecule has 0 spiro atoms. The molecule has 1 amide bonds. The summed E-state index contributed by atoms with van der Waals surface area (Å²) in [4.78, 5) is 12.9. The highest BCUT2D eigenvalue weighted by Gasteiger charge is 2.69. The number of carbonyl (C=O) groups excluding carboxylic acids is 1. The van der Waals surface area contributed by atoms with Gasteiger partial charge in [0, 0.05) is 11.3 Å². The molecular formula is C18H21F3N2O4. The van der Waals surface area contributed by atoms with E-state index in [1.165, 1.54) is 32.4 Å². The fraction of sp³-hybridized carbons (Fsp3) is 0.556. The molecule has 1 aromatic carbocycles. The topological polar surface area (TPSA) is 71.4 Å². The summed E-state index contributed by atoms with van der Waals surface area (Å²) in [5, 5.41) is 14.8. The summed E-state index contributed by atoms with van der Waals surface area (Å²) in [6.45, 7) is 1.76. The second-order valence-electron chi connectivity index (χ2n) is 6.82. The molecule has 0 radical (unpaired) electrons. The summed E-state index contributed by atoms with van der Waals surface area (Å²) in [5.41, 5.74) is -3.23. The molecule has 3 atom stereocenters. The Kier molecular flexibility index (Phi) is 4.83. The number of amides is 1. The normalized spacial score (nSPS) is 27.8. The van der Waals surface area contributed by atoms with Gasteiger partial charge in [0.05, 0.1) is 20.1 Å². The minimum absolute atomic E-state index is 0.0917. The molecule has 27 heavy (non-hydrogen) atoms. The van der Waals surface area contributed by atoms with Gasteiger partial charge in [-0.2, -0.15) is 23.3 Å². The number of halogens is 3. The van der Waals surface area contributed by atoms with Crippen molar-refractivity contribution in [1.29, 1.82) is 0 Å². The highest BCUT2D eigenvalue weighted by molar-refractivity contribution is 6.00. The molecule has 6 nitrogen and oxygen atoms in total. The largest absolute Gasteiger partial charge is 0.493 e. The minimum Gasteiger partial charge on any atom is -0.493 e. The number of ether oxygens (including phenoxy) is 2. The zero-order valence-corrected chi connectivity index (χ0v) is 15.2. The standard InChI is InChI=1S/C18H21F3N2O4/c1-10-5-4-6-12-15(10)22-23(17(12,25)18(19,20)21)16(24)11-7-8-13(26-2)14(9-11)27-3/h7-10,12,25H,4-6H2,1-3H3/t10-,12-,17-/m1/s1. The SMILES string of the molecule is COc1ccc(C(=O)N2N=C3[C@H](C)CCC[C@H]3[C@@]2(O)C(F)(F)F)cc1OC. The zero-order chi connectivity index (χ0) is 20.0. The number of fused-ring (bicyclic) bond motifs is 1. The Morgan fingerprint density at radius 2 is 1.93 bits per heavy atom. The monoisotopic (exact) mass is 386 g/mol. The van der Waals surface area contributed by atoms with Gasteiger partial charge in [0.1, 0.15) is 0 Å². The van der Waals surface area contributed by atoms with Gasteiger partial charge in [-0.25, -0.2) is 0 Å². The van der Waals surface area contributed by atoms with E-state index >= 15 is 0 Å². The summed E-state index contributed by atoms with van der Waals surface area (Å²) in [7, 11) is 2.75. The highest BCUT2D eigenvalue weighted by Crippen LogP contribution is 2.49. The molecule has 1 aliphatic carbocycles. The first-order valence-electron chi connectivity index (χ1n) is 8.59. The van der Waals surface area contributed by atoms with Crippen LogP contribution in [-0.4, -0.2) is 47.9 Å². The lowest BCUT2D eigenvalue weighted by Crippen LogP contribution is -2.61. The van der Waals surface area contributed by atoms with E-state index in [0.29, 0.717) is 18.6 Å². The highest BCUT2D eigenvalue weighted by atomic mass is 19.4. The number of hydrogen-bond donors (Lipinski definition) is 1. The van der Waals surface area contributed by atoms with E-state index in [0.717, 1.165) is 0 Å². The quantitative estimate of drug-likeness (QED) is 0.866. The molecular weight excluding hydrogens is 365 g/mol. The third-order valence-electron chi connectivity index (χ3n) is 5.26. The van der Waals surface area contributed by atoms with Gasteiger partial charge >= 0.3 is 6.18 Å². The molecule has 1 N–H and O–H groups in total. The van der Waals surface area contributed by atoms with E-state index in [4.69, 9.17) is 9.47 Å². The van der Waals surface area contributed by atoms with Crippen molar-refractivity contribution in [2.45, 2.75) is 38.1 Å². The predicted molar refractivity (Wildman–Crippen MR) is 90.7 cm³/mol. The van der Waals surface area contributed by atoms with E-state index in [1.54, 1.807) is 6.92 Å². The van der Waals surface area contributed by atoms with Crippen LogP contribution in [0.15, 0.2) is 23.3 Å². The lowest BCUT2D eigenvalue weighted by Gasteiger charge is -2.39. The number of methoxy groups -OCH3 is 2. The number of alkyl halides is 3. The number of hydrazone groups is 1. The number of carbonyl (C=O) groups is 1. The number of nitrogens with zero attached hydrogens (tertiary/aromatic N) is 2. The average Bonchev–Trinajstić information content (AvgIpc) is 2.96. The van der Waals surface area contributed by atoms with Gasteiger partial charge < -0.3 is 14.6 Å². The van der Waals surface area contributed by atoms with Crippen molar-refractivity contribution >= 4 is 11.6 Å². The van der Waals surface area contributed by atoms with Crippen LogP contribution in [0.2, 0.25) is 0 Å².